The highest BCUT2D eigenvalue weighted by Crippen LogP contribution is 2.41. The van der Waals surface area contributed by atoms with Crippen molar-refractivity contribution in [3.8, 4) is 0 Å². The van der Waals surface area contributed by atoms with Crippen LogP contribution in [0.25, 0.3) is 0 Å². The third-order valence-electron chi connectivity index (χ3n) is 4.32. The lowest BCUT2D eigenvalue weighted by Crippen LogP contribution is -2.37. The van der Waals surface area contributed by atoms with Gasteiger partial charge in [0.2, 0.25) is 0 Å². The summed E-state index contributed by atoms with van der Waals surface area (Å²) in [6.45, 7) is 1.75. The zero-order valence-electron chi connectivity index (χ0n) is 11.7. The lowest BCUT2D eigenvalue weighted by atomic mass is 9.72. The van der Waals surface area contributed by atoms with Crippen molar-refractivity contribution >= 4 is 5.97 Å². The Morgan fingerprint density at radius 1 is 1.21 bits per heavy atom. The minimum absolute atomic E-state index is 0.219. The molecule has 1 aliphatic carbocycles. The number of hydrogen-bond acceptors (Lipinski definition) is 2. The zero-order valence-corrected chi connectivity index (χ0v) is 11.7. The maximum absolute atomic E-state index is 13.8. The first-order valence-electron chi connectivity index (χ1n) is 6.96. The molecule has 19 heavy (non-hydrogen) atoms. The molecule has 0 saturated heterocycles. The molecule has 1 aliphatic rings. The van der Waals surface area contributed by atoms with Crippen molar-refractivity contribution in [2.24, 2.45) is 0 Å². The second-order valence-corrected chi connectivity index (χ2v) is 5.40. The molecule has 3 heteroatoms. The molecule has 2 rings (SSSR count). The Kier molecular flexibility index (Phi) is 4.23. The van der Waals surface area contributed by atoms with Crippen LogP contribution in [0.4, 0.5) is 4.39 Å². The molecule has 0 unspecified atom stereocenters. The average Bonchev–Trinajstić information content (AvgIpc) is 2.67. The third kappa shape index (κ3) is 2.51. The summed E-state index contributed by atoms with van der Waals surface area (Å²) < 4.78 is 18.9. The summed E-state index contributed by atoms with van der Waals surface area (Å²) >= 11 is 0. The first kappa shape index (κ1) is 14.0. The number of rotatable bonds is 2. The smallest absolute Gasteiger partial charge is 0.316 e. The number of ether oxygens (including phenoxy) is 1. The van der Waals surface area contributed by atoms with Gasteiger partial charge in [0, 0.05) is 0 Å². The molecule has 0 atom stereocenters. The summed E-state index contributed by atoms with van der Waals surface area (Å²) in [5.41, 5.74) is 0.730. The molecule has 2 nitrogen and oxygen atoms in total. The van der Waals surface area contributed by atoms with Crippen LogP contribution in [0.5, 0.6) is 0 Å². The normalized spacial score (nSPS) is 18.7. The number of carbonyl (C=O) groups is 1. The van der Waals surface area contributed by atoms with Gasteiger partial charge in [0.25, 0.3) is 0 Å². The molecular weight excluding hydrogens is 243 g/mol. The van der Waals surface area contributed by atoms with Crippen LogP contribution < -0.4 is 0 Å². The van der Waals surface area contributed by atoms with Crippen LogP contribution in [0.2, 0.25) is 0 Å². The van der Waals surface area contributed by atoms with E-state index in [1.165, 1.54) is 13.2 Å². The standard InChI is InChI=1S/C16H21FO2/c1-12-13(8-7-9-14(12)17)16(15(18)19-2)10-5-3-4-6-11-16/h7-9H,3-6,10-11H2,1-2H3. The second-order valence-electron chi connectivity index (χ2n) is 5.40. The van der Waals surface area contributed by atoms with Gasteiger partial charge >= 0.3 is 5.97 Å². The summed E-state index contributed by atoms with van der Waals surface area (Å²) in [6, 6.07) is 5.01. The highest BCUT2D eigenvalue weighted by molar-refractivity contribution is 5.83. The fourth-order valence-corrected chi connectivity index (χ4v) is 3.24. The lowest BCUT2D eigenvalue weighted by Gasteiger charge is -2.31. The zero-order chi connectivity index (χ0) is 13.9. The van der Waals surface area contributed by atoms with Crippen LogP contribution in [-0.2, 0) is 14.9 Å². The summed E-state index contributed by atoms with van der Waals surface area (Å²) in [5, 5.41) is 0. The number of hydrogen-bond donors (Lipinski definition) is 0. The Morgan fingerprint density at radius 3 is 2.42 bits per heavy atom. The van der Waals surface area contributed by atoms with Crippen molar-refractivity contribution in [1.29, 1.82) is 0 Å². The van der Waals surface area contributed by atoms with Crippen LogP contribution in [0.15, 0.2) is 18.2 Å². The van der Waals surface area contributed by atoms with Gasteiger partial charge in [-0.05, 0) is 37.0 Å². The van der Waals surface area contributed by atoms with Crippen molar-refractivity contribution in [1.82, 2.24) is 0 Å². The van der Waals surface area contributed by atoms with E-state index in [-0.39, 0.29) is 11.8 Å². The average molecular weight is 264 g/mol. The molecule has 0 spiro atoms. The van der Waals surface area contributed by atoms with Gasteiger partial charge in [-0.1, -0.05) is 37.8 Å². The maximum atomic E-state index is 13.8. The number of esters is 1. The molecular formula is C16H21FO2. The van der Waals surface area contributed by atoms with Gasteiger partial charge < -0.3 is 4.74 Å². The van der Waals surface area contributed by atoms with Crippen molar-refractivity contribution in [3.63, 3.8) is 0 Å². The monoisotopic (exact) mass is 264 g/mol. The Morgan fingerprint density at radius 2 is 1.84 bits per heavy atom. The summed E-state index contributed by atoms with van der Waals surface area (Å²) in [7, 11) is 1.42. The van der Waals surface area contributed by atoms with Crippen molar-refractivity contribution < 1.29 is 13.9 Å². The summed E-state index contributed by atoms with van der Waals surface area (Å²) in [6.07, 6.45) is 5.75. The van der Waals surface area contributed by atoms with Gasteiger partial charge in [-0.2, -0.15) is 0 Å². The summed E-state index contributed by atoms with van der Waals surface area (Å²) in [5.74, 6) is -0.465. The molecule has 104 valence electrons. The topological polar surface area (TPSA) is 26.3 Å². The molecule has 1 fully saturated rings. The van der Waals surface area contributed by atoms with Crippen LogP contribution >= 0.6 is 0 Å². The van der Waals surface area contributed by atoms with Gasteiger partial charge in [0.05, 0.1) is 12.5 Å². The predicted molar refractivity (Wildman–Crippen MR) is 72.5 cm³/mol. The summed E-state index contributed by atoms with van der Waals surface area (Å²) in [4.78, 5) is 12.4. The lowest BCUT2D eigenvalue weighted by molar-refractivity contribution is -0.148. The Labute approximate surface area is 114 Å². The first-order chi connectivity index (χ1) is 9.12. The molecule has 1 saturated carbocycles. The van der Waals surface area contributed by atoms with E-state index in [1.54, 1.807) is 13.0 Å². The quantitative estimate of drug-likeness (QED) is 0.598. The van der Waals surface area contributed by atoms with Crippen LogP contribution in [0.3, 0.4) is 0 Å². The van der Waals surface area contributed by atoms with Crippen LogP contribution in [0, 0.1) is 12.7 Å². The molecule has 0 amide bonds. The van der Waals surface area contributed by atoms with Gasteiger partial charge in [-0.3, -0.25) is 4.79 Å². The second kappa shape index (κ2) is 5.72. The molecule has 0 N–H and O–H groups in total. The van der Waals surface area contributed by atoms with E-state index in [2.05, 4.69) is 0 Å². The minimum Gasteiger partial charge on any atom is -0.468 e. The first-order valence-corrected chi connectivity index (χ1v) is 6.96. The number of halogens is 1. The third-order valence-corrected chi connectivity index (χ3v) is 4.32. The van der Waals surface area contributed by atoms with Crippen molar-refractivity contribution in [3.05, 3.63) is 35.1 Å². The highest BCUT2D eigenvalue weighted by atomic mass is 19.1. The van der Waals surface area contributed by atoms with E-state index >= 15 is 0 Å². The van der Waals surface area contributed by atoms with Crippen molar-refractivity contribution in [2.75, 3.05) is 7.11 Å². The van der Waals surface area contributed by atoms with Gasteiger partial charge in [-0.25, -0.2) is 4.39 Å². The van der Waals surface area contributed by atoms with E-state index in [1.807, 2.05) is 6.07 Å². The van der Waals surface area contributed by atoms with Gasteiger partial charge in [-0.15, -0.1) is 0 Å². The molecule has 0 radical (unpaired) electrons. The van der Waals surface area contributed by atoms with E-state index in [0.29, 0.717) is 5.56 Å². The largest absolute Gasteiger partial charge is 0.468 e. The Bertz CT molecular complexity index is 460. The van der Waals surface area contributed by atoms with E-state index in [4.69, 9.17) is 4.74 Å². The molecule has 0 bridgehead atoms. The van der Waals surface area contributed by atoms with Crippen molar-refractivity contribution in [2.45, 2.75) is 50.9 Å². The number of methoxy groups -OCH3 is 1. The number of carbonyl (C=O) groups excluding carboxylic acids is 1. The minimum atomic E-state index is -0.655. The number of benzene rings is 1. The maximum Gasteiger partial charge on any atom is 0.316 e. The fraction of sp³-hybridized carbons (Fsp3) is 0.562. The Hall–Kier alpha value is -1.38. The fourth-order valence-electron chi connectivity index (χ4n) is 3.24. The van der Waals surface area contributed by atoms with Gasteiger partial charge in [0.15, 0.2) is 0 Å². The highest BCUT2D eigenvalue weighted by Gasteiger charge is 2.42. The molecule has 0 aromatic heterocycles. The molecule has 0 heterocycles. The van der Waals surface area contributed by atoms with E-state index in [0.717, 1.165) is 44.1 Å². The molecule has 0 aliphatic heterocycles. The SMILES string of the molecule is COC(=O)C1(c2cccc(F)c2C)CCCCCC1. The Balaban J connectivity index is 2.53. The molecule has 1 aromatic rings. The predicted octanol–water partition coefficient (Wildman–Crippen LogP) is 3.90. The van der Waals surface area contributed by atoms with Crippen LogP contribution in [0.1, 0.15) is 49.7 Å². The van der Waals surface area contributed by atoms with Crippen LogP contribution in [-0.4, -0.2) is 13.1 Å². The van der Waals surface area contributed by atoms with E-state index in [9.17, 15) is 9.18 Å². The van der Waals surface area contributed by atoms with Gasteiger partial charge in [0.1, 0.15) is 5.82 Å². The molecule has 1 aromatic carbocycles. The van der Waals surface area contributed by atoms with E-state index < -0.39 is 5.41 Å².